The van der Waals surface area contributed by atoms with Gasteiger partial charge in [0.2, 0.25) is 15.9 Å². The first-order valence-corrected chi connectivity index (χ1v) is 7.81. The minimum atomic E-state index is -4.11. The molecular weight excluding hydrogens is 307 g/mol. The van der Waals surface area contributed by atoms with E-state index in [4.69, 9.17) is 11.6 Å². The minimum Gasteiger partial charge on any atom is -0.358 e. The first-order valence-electron chi connectivity index (χ1n) is 5.99. The highest BCUT2D eigenvalue weighted by molar-refractivity contribution is 7.89. The van der Waals surface area contributed by atoms with Gasteiger partial charge in [-0.3, -0.25) is 4.79 Å². The van der Waals surface area contributed by atoms with Crippen LogP contribution in [-0.4, -0.2) is 38.8 Å². The second kappa shape index (κ2) is 7.01. The number of rotatable bonds is 6. The van der Waals surface area contributed by atoms with Crippen molar-refractivity contribution in [1.29, 1.82) is 0 Å². The highest BCUT2D eigenvalue weighted by Crippen LogP contribution is 2.24. The number of amides is 1. The highest BCUT2D eigenvalue weighted by Gasteiger charge is 2.29. The first-order chi connectivity index (χ1) is 9.34. The van der Waals surface area contributed by atoms with E-state index < -0.39 is 26.6 Å². The number of benzene rings is 1. The number of nitrogens with one attached hydrogen (secondary N) is 1. The molecule has 1 amide bonds. The van der Waals surface area contributed by atoms with E-state index in [1.54, 1.807) is 6.92 Å². The Hall–Kier alpha value is -1.18. The van der Waals surface area contributed by atoms with E-state index in [0.717, 1.165) is 10.4 Å². The van der Waals surface area contributed by atoms with Crippen LogP contribution < -0.4 is 5.32 Å². The van der Waals surface area contributed by atoms with Crippen molar-refractivity contribution in [3.63, 3.8) is 0 Å². The number of halogens is 2. The molecule has 8 heteroatoms. The molecule has 0 saturated heterocycles. The van der Waals surface area contributed by atoms with Crippen molar-refractivity contribution >= 4 is 27.5 Å². The van der Waals surface area contributed by atoms with Crippen molar-refractivity contribution in [3.8, 4) is 0 Å². The predicted octanol–water partition coefficient (Wildman–Crippen LogP) is 1.63. The Morgan fingerprint density at radius 2 is 2.10 bits per heavy atom. The van der Waals surface area contributed by atoms with Crippen LogP contribution in [0.3, 0.4) is 0 Å². The molecule has 1 aromatic rings. The molecule has 0 aliphatic heterocycles. The Morgan fingerprint density at radius 1 is 1.45 bits per heavy atom. The summed E-state index contributed by atoms with van der Waals surface area (Å²) in [4.78, 5) is 10.9. The summed E-state index contributed by atoms with van der Waals surface area (Å²) in [5.74, 6) is -1.48. The van der Waals surface area contributed by atoms with Gasteiger partial charge in [0.05, 0.1) is 11.6 Å². The lowest BCUT2D eigenvalue weighted by atomic mass is 10.3. The fourth-order valence-electron chi connectivity index (χ4n) is 1.60. The Balaban J connectivity index is 3.22. The van der Waals surface area contributed by atoms with Crippen LogP contribution in [-0.2, 0) is 14.8 Å². The third-order valence-corrected chi connectivity index (χ3v) is 4.76. The number of likely N-dealkylation sites (N-methyl/N-ethyl adjacent to an activating group) is 1. The molecule has 20 heavy (non-hydrogen) atoms. The Kier molecular flexibility index (Phi) is 5.91. The van der Waals surface area contributed by atoms with Crippen molar-refractivity contribution in [2.45, 2.75) is 18.2 Å². The number of nitrogens with zero attached hydrogens (tertiary/aromatic N) is 1. The number of sulfonamides is 1. The summed E-state index contributed by atoms with van der Waals surface area (Å²) >= 11 is 5.60. The summed E-state index contributed by atoms with van der Waals surface area (Å²) in [6, 6.07) is 3.74. The van der Waals surface area contributed by atoms with Gasteiger partial charge in [-0.1, -0.05) is 24.6 Å². The summed E-state index contributed by atoms with van der Waals surface area (Å²) in [5.41, 5.74) is 0. The fourth-order valence-corrected chi connectivity index (χ4v) is 3.40. The van der Waals surface area contributed by atoms with Gasteiger partial charge in [0.15, 0.2) is 5.82 Å². The van der Waals surface area contributed by atoms with Crippen LogP contribution in [0.1, 0.15) is 13.3 Å². The Morgan fingerprint density at radius 3 is 2.65 bits per heavy atom. The second-order valence-corrected chi connectivity index (χ2v) is 6.38. The van der Waals surface area contributed by atoms with Gasteiger partial charge >= 0.3 is 0 Å². The van der Waals surface area contributed by atoms with Crippen LogP contribution in [0, 0.1) is 5.82 Å². The normalized spacial score (nSPS) is 11.7. The zero-order valence-corrected chi connectivity index (χ0v) is 12.8. The third kappa shape index (κ3) is 3.68. The smallest absolute Gasteiger partial charge is 0.246 e. The fraction of sp³-hybridized carbons (Fsp3) is 0.417. The van der Waals surface area contributed by atoms with Gasteiger partial charge in [0.1, 0.15) is 4.90 Å². The monoisotopic (exact) mass is 322 g/mol. The topological polar surface area (TPSA) is 66.5 Å². The Bertz CT molecular complexity index is 592. The molecule has 0 bridgehead atoms. The number of carbonyl (C=O) groups excluding carboxylic acids is 1. The molecular formula is C12H16ClFN2O3S. The van der Waals surface area contributed by atoms with Crippen LogP contribution in [0.5, 0.6) is 0 Å². The zero-order chi connectivity index (χ0) is 15.3. The molecule has 1 N–H and O–H groups in total. The van der Waals surface area contributed by atoms with Crippen LogP contribution >= 0.6 is 11.6 Å². The van der Waals surface area contributed by atoms with Gasteiger partial charge in [-0.05, 0) is 18.6 Å². The van der Waals surface area contributed by atoms with Crippen molar-refractivity contribution in [3.05, 3.63) is 29.0 Å². The quantitative estimate of drug-likeness (QED) is 0.865. The maximum Gasteiger partial charge on any atom is 0.246 e. The molecule has 1 rings (SSSR count). The molecule has 5 nitrogen and oxygen atoms in total. The van der Waals surface area contributed by atoms with E-state index in [1.807, 2.05) is 0 Å². The highest BCUT2D eigenvalue weighted by atomic mass is 35.5. The van der Waals surface area contributed by atoms with Crippen LogP contribution in [0.4, 0.5) is 4.39 Å². The summed E-state index contributed by atoms with van der Waals surface area (Å²) in [6.45, 7) is 1.51. The van der Waals surface area contributed by atoms with Crippen LogP contribution in [0.2, 0.25) is 5.02 Å². The van der Waals surface area contributed by atoms with Gasteiger partial charge in [0, 0.05) is 13.6 Å². The third-order valence-electron chi connectivity index (χ3n) is 2.61. The van der Waals surface area contributed by atoms with Gasteiger partial charge in [-0.25, -0.2) is 12.8 Å². The first kappa shape index (κ1) is 16.9. The number of carbonyl (C=O) groups is 1. The van der Waals surface area contributed by atoms with Gasteiger partial charge in [0.25, 0.3) is 0 Å². The van der Waals surface area contributed by atoms with Gasteiger partial charge < -0.3 is 5.32 Å². The van der Waals surface area contributed by atoms with Crippen LogP contribution in [0.25, 0.3) is 0 Å². The van der Waals surface area contributed by atoms with E-state index in [1.165, 1.54) is 19.2 Å². The van der Waals surface area contributed by atoms with E-state index in [0.29, 0.717) is 6.42 Å². The SMILES string of the molecule is CCCN(CC(=O)NC)S(=O)(=O)c1cccc(Cl)c1F. The molecule has 0 spiro atoms. The van der Waals surface area contributed by atoms with E-state index in [9.17, 15) is 17.6 Å². The molecule has 0 unspecified atom stereocenters. The van der Waals surface area contributed by atoms with Gasteiger partial charge in [-0.2, -0.15) is 4.31 Å². The molecule has 0 heterocycles. The lowest BCUT2D eigenvalue weighted by Gasteiger charge is -2.21. The van der Waals surface area contributed by atoms with Gasteiger partial charge in [-0.15, -0.1) is 0 Å². The lowest BCUT2D eigenvalue weighted by molar-refractivity contribution is -0.120. The maximum absolute atomic E-state index is 13.9. The largest absolute Gasteiger partial charge is 0.358 e. The van der Waals surface area contributed by atoms with E-state index >= 15 is 0 Å². The molecule has 0 fully saturated rings. The van der Waals surface area contributed by atoms with Crippen molar-refractivity contribution in [1.82, 2.24) is 9.62 Å². The summed E-state index contributed by atoms with van der Waals surface area (Å²) in [5, 5.41) is 2.06. The molecule has 0 aromatic heterocycles. The molecule has 0 saturated carbocycles. The molecule has 0 radical (unpaired) electrons. The summed E-state index contributed by atoms with van der Waals surface area (Å²) in [7, 11) is -2.71. The molecule has 0 aliphatic rings. The Labute approximate surface area is 122 Å². The molecule has 0 atom stereocenters. The number of hydrogen-bond acceptors (Lipinski definition) is 3. The van der Waals surface area contributed by atoms with Crippen LogP contribution in [0.15, 0.2) is 23.1 Å². The number of hydrogen-bond donors (Lipinski definition) is 1. The lowest BCUT2D eigenvalue weighted by Crippen LogP contribution is -2.40. The zero-order valence-electron chi connectivity index (χ0n) is 11.2. The van der Waals surface area contributed by atoms with E-state index in [2.05, 4.69) is 5.32 Å². The second-order valence-electron chi connectivity index (χ2n) is 4.06. The molecule has 112 valence electrons. The summed E-state index contributed by atoms with van der Waals surface area (Å²) in [6.07, 6.45) is 0.498. The van der Waals surface area contributed by atoms with Crippen molar-refractivity contribution in [2.24, 2.45) is 0 Å². The van der Waals surface area contributed by atoms with Crippen molar-refractivity contribution < 1.29 is 17.6 Å². The summed E-state index contributed by atoms with van der Waals surface area (Å²) < 4.78 is 39.6. The molecule has 1 aromatic carbocycles. The predicted molar refractivity (Wildman–Crippen MR) is 74.5 cm³/mol. The maximum atomic E-state index is 13.9. The molecule has 0 aliphatic carbocycles. The van der Waals surface area contributed by atoms with E-state index in [-0.39, 0.29) is 18.1 Å². The standard InChI is InChI=1S/C12H16ClFN2O3S/c1-3-7-16(8-11(17)15-2)20(18,19)10-6-4-5-9(13)12(10)14/h4-6H,3,7-8H2,1-2H3,(H,15,17). The minimum absolute atomic E-state index is 0.113. The van der Waals surface area contributed by atoms with Crippen molar-refractivity contribution in [2.75, 3.05) is 20.1 Å². The average molecular weight is 323 g/mol. The average Bonchev–Trinajstić information content (AvgIpc) is 2.40.